The standard InChI is InChI=1S/C24H15FN4O5/c25-15-4-6-16(7-5-15)28-23(31)19-18-10-13(12-26)8-9-27(18)21(20(19)24(28)32)22(30)14-2-1-3-17(11-14)29(33)34/h1-11,18-21H/t18-,19+,20+,21-/m1/s1. The van der Waals surface area contributed by atoms with E-state index in [9.17, 15) is 34.2 Å². The van der Waals surface area contributed by atoms with Crippen LogP contribution in [0.25, 0.3) is 0 Å². The zero-order valence-electron chi connectivity index (χ0n) is 17.4. The highest BCUT2D eigenvalue weighted by molar-refractivity contribution is 6.24. The summed E-state index contributed by atoms with van der Waals surface area (Å²) >= 11 is 0. The Hall–Kier alpha value is -4.65. The van der Waals surface area contributed by atoms with Crippen LogP contribution in [0.4, 0.5) is 15.8 Å². The number of Topliss-reactive ketones (excluding diaryl/α,β-unsaturated/α-hetero) is 1. The monoisotopic (exact) mass is 458 g/mol. The number of allylic oxidation sites excluding steroid dienone is 2. The minimum Gasteiger partial charge on any atom is -0.359 e. The van der Waals surface area contributed by atoms with Crippen LogP contribution in [0, 0.1) is 39.1 Å². The SMILES string of the molecule is N#CC1=C[C@@H]2[C@@H]3C(=O)N(c4ccc(F)cc4)C(=O)[C@@H]3[C@H](C(=O)c3cccc([N+](=O)[O-])c3)N2C=C1. The van der Waals surface area contributed by atoms with Crippen molar-refractivity contribution in [3.63, 3.8) is 0 Å². The van der Waals surface area contributed by atoms with Crippen LogP contribution in [0.5, 0.6) is 0 Å². The molecule has 10 heteroatoms. The topological polar surface area (TPSA) is 125 Å². The first-order valence-corrected chi connectivity index (χ1v) is 10.3. The van der Waals surface area contributed by atoms with E-state index in [1.54, 1.807) is 4.90 Å². The lowest BCUT2D eigenvalue weighted by atomic mass is 9.86. The summed E-state index contributed by atoms with van der Waals surface area (Å²) in [4.78, 5) is 53.6. The van der Waals surface area contributed by atoms with Crippen LogP contribution < -0.4 is 4.90 Å². The van der Waals surface area contributed by atoms with Crippen LogP contribution in [0.15, 0.2) is 72.5 Å². The number of rotatable bonds is 4. The summed E-state index contributed by atoms with van der Waals surface area (Å²) < 4.78 is 13.4. The third-order valence-corrected chi connectivity index (χ3v) is 6.37. The molecule has 3 aliphatic rings. The number of amides is 2. The van der Waals surface area contributed by atoms with Crippen molar-refractivity contribution in [1.82, 2.24) is 4.90 Å². The van der Waals surface area contributed by atoms with E-state index in [0.29, 0.717) is 0 Å². The van der Waals surface area contributed by atoms with E-state index < -0.39 is 52.3 Å². The second-order valence-corrected chi connectivity index (χ2v) is 8.14. The van der Waals surface area contributed by atoms with Crippen molar-refractivity contribution >= 4 is 29.0 Å². The Morgan fingerprint density at radius 3 is 2.47 bits per heavy atom. The lowest BCUT2D eigenvalue weighted by molar-refractivity contribution is -0.384. The number of nitro groups is 1. The zero-order valence-corrected chi connectivity index (χ0v) is 17.4. The molecule has 168 valence electrons. The van der Waals surface area contributed by atoms with Crippen molar-refractivity contribution in [2.75, 3.05) is 4.90 Å². The molecule has 0 saturated carbocycles. The molecule has 2 aromatic carbocycles. The molecule has 2 fully saturated rings. The molecule has 0 spiro atoms. The molecule has 2 amide bonds. The predicted octanol–water partition coefficient (Wildman–Crippen LogP) is 2.75. The van der Waals surface area contributed by atoms with Gasteiger partial charge in [-0.2, -0.15) is 5.26 Å². The number of hydrogen-bond acceptors (Lipinski definition) is 7. The fourth-order valence-corrected chi connectivity index (χ4v) is 4.91. The lowest BCUT2D eigenvalue weighted by Crippen LogP contribution is -2.46. The summed E-state index contributed by atoms with van der Waals surface area (Å²) in [7, 11) is 0. The van der Waals surface area contributed by atoms with Gasteiger partial charge in [0.1, 0.15) is 11.9 Å². The highest BCUT2D eigenvalue weighted by Crippen LogP contribution is 2.47. The van der Waals surface area contributed by atoms with Gasteiger partial charge in [-0.15, -0.1) is 0 Å². The van der Waals surface area contributed by atoms with Gasteiger partial charge >= 0.3 is 0 Å². The Labute approximate surface area is 192 Å². The maximum atomic E-state index is 13.6. The van der Waals surface area contributed by atoms with Crippen molar-refractivity contribution in [2.45, 2.75) is 12.1 Å². The van der Waals surface area contributed by atoms with Gasteiger partial charge in [-0.25, -0.2) is 9.29 Å². The average molecular weight is 458 g/mol. The Morgan fingerprint density at radius 2 is 1.79 bits per heavy atom. The van der Waals surface area contributed by atoms with Crippen LogP contribution in [0.3, 0.4) is 0 Å². The van der Waals surface area contributed by atoms with Crippen molar-refractivity contribution in [3.05, 3.63) is 94.0 Å². The molecule has 0 unspecified atom stereocenters. The molecule has 0 aromatic heterocycles. The van der Waals surface area contributed by atoms with Gasteiger partial charge in [0.05, 0.1) is 40.1 Å². The number of nitrogens with zero attached hydrogens (tertiary/aromatic N) is 4. The number of nitriles is 1. The van der Waals surface area contributed by atoms with Gasteiger partial charge in [0.25, 0.3) is 5.69 Å². The number of non-ortho nitro benzene ring substituents is 1. The van der Waals surface area contributed by atoms with Crippen molar-refractivity contribution in [1.29, 1.82) is 5.26 Å². The maximum Gasteiger partial charge on any atom is 0.270 e. The highest BCUT2D eigenvalue weighted by atomic mass is 19.1. The van der Waals surface area contributed by atoms with Gasteiger partial charge in [-0.1, -0.05) is 12.1 Å². The highest BCUT2D eigenvalue weighted by Gasteiger charge is 2.63. The minimum atomic E-state index is -1.12. The van der Waals surface area contributed by atoms with Crippen LogP contribution >= 0.6 is 0 Å². The van der Waals surface area contributed by atoms with Gasteiger partial charge < -0.3 is 4.90 Å². The Bertz CT molecular complexity index is 1360. The molecule has 34 heavy (non-hydrogen) atoms. The Kier molecular flexibility index (Phi) is 4.83. The average Bonchev–Trinajstić information content (AvgIpc) is 3.31. The molecule has 3 aliphatic heterocycles. The molecule has 2 saturated heterocycles. The van der Waals surface area contributed by atoms with Crippen LogP contribution in [0.2, 0.25) is 0 Å². The van der Waals surface area contributed by atoms with E-state index in [1.807, 2.05) is 6.07 Å². The summed E-state index contributed by atoms with van der Waals surface area (Å²) in [6, 6.07) is 10.2. The minimum absolute atomic E-state index is 0.0301. The number of imide groups is 1. The van der Waals surface area contributed by atoms with Crippen LogP contribution in [-0.2, 0) is 9.59 Å². The van der Waals surface area contributed by atoms with Gasteiger partial charge in [-0.3, -0.25) is 24.5 Å². The molecule has 4 atom stereocenters. The number of carbonyl (C=O) groups is 3. The number of nitro benzene ring substituents is 1. The third-order valence-electron chi connectivity index (χ3n) is 6.37. The fourth-order valence-electron chi connectivity index (χ4n) is 4.91. The number of benzene rings is 2. The summed E-state index contributed by atoms with van der Waals surface area (Å²) in [5.41, 5.74) is 0.209. The van der Waals surface area contributed by atoms with Crippen LogP contribution in [0.1, 0.15) is 10.4 Å². The number of anilines is 1. The largest absolute Gasteiger partial charge is 0.359 e. The van der Waals surface area contributed by atoms with Gasteiger partial charge in [0.15, 0.2) is 5.78 Å². The number of ketones is 1. The first-order valence-electron chi connectivity index (χ1n) is 10.3. The van der Waals surface area contributed by atoms with Crippen molar-refractivity contribution < 1.29 is 23.7 Å². The number of hydrogen-bond donors (Lipinski definition) is 0. The molecule has 0 radical (unpaired) electrons. The van der Waals surface area contributed by atoms with E-state index in [4.69, 9.17) is 0 Å². The molecule has 0 aliphatic carbocycles. The Morgan fingerprint density at radius 1 is 1.09 bits per heavy atom. The fraction of sp³-hybridized carbons (Fsp3) is 0.167. The first-order chi connectivity index (χ1) is 16.3. The van der Waals surface area contributed by atoms with E-state index in [2.05, 4.69) is 0 Å². The summed E-state index contributed by atoms with van der Waals surface area (Å²) in [5, 5.41) is 20.5. The van der Waals surface area contributed by atoms with Gasteiger partial charge in [0, 0.05) is 23.9 Å². The molecule has 0 bridgehead atoms. The molecular weight excluding hydrogens is 443 g/mol. The molecule has 5 rings (SSSR count). The van der Waals surface area contributed by atoms with E-state index in [-0.39, 0.29) is 22.5 Å². The van der Waals surface area contributed by atoms with E-state index in [1.165, 1.54) is 48.7 Å². The van der Waals surface area contributed by atoms with Gasteiger partial charge in [-0.05, 0) is 36.4 Å². The molecule has 3 heterocycles. The second-order valence-electron chi connectivity index (χ2n) is 8.14. The quantitative estimate of drug-likeness (QED) is 0.299. The molecule has 9 nitrogen and oxygen atoms in total. The van der Waals surface area contributed by atoms with Crippen molar-refractivity contribution in [3.8, 4) is 6.07 Å². The van der Waals surface area contributed by atoms with E-state index >= 15 is 0 Å². The second kappa shape index (κ2) is 7.74. The third kappa shape index (κ3) is 3.09. The normalized spacial score (nSPS) is 25.0. The zero-order chi connectivity index (χ0) is 24.1. The number of fused-ring (bicyclic) bond motifs is 3. The molecule has 2 aromatic rings. The predicted molar refractivity (Wildman–Crippen MR) is 116 cm³/mol. The van der Waals surface area contributed by atoms with Crippen molar-refractivity contribution in [2.24, 2.45) is 11.8 Å². The lowest BCUT2D eigenvalue weighted by Gasteiger charge is -2.32. The van der Waals surface area contributed by atoms with Crippen LogP contribution in [-0.4, -0.2) is 39.5 Å². The molecular formula is C24H15FN4O5. The van der Waals surface area contributed by atoms with Gasteiger partial charge in [0.2, 0.25) is 11.8 Å². The first kappa shape index (κ1) is 21.2. The summed E-state index contributed by atoms with van der Waals surface area (Å²) in [6.07, 6.45) is 4.53. The van der Waals surface area contributed by atoms with E-state index in [0.717, 1.165) is 23.1 Å². The molecule has 0 N–H and O–H groups in total. The summed E-state index contributed by atoms with van der Waals surface area (Å²) in [6.45, 7) is 0. The number of carbonyl (C=O) groups excluding carboxylic acids is 3. The summed E-state index contributed by atoms with van der Waals surface area (Å²) in [5.74, 6) is -4.32. The Balaban J connectivity index is 1.60. The number of halogens is 1. The maximum absolute atomic E-state index is 13.6. The smallest absolute Gasteiger partial charge is 0.270 e.